The number of aromatic amines is 1. The van der Waals surface area contributed by atoms with Crippen LogP contribution in [0.1, 0.15) is 86.6 Å². The van der Waals surface area contributed by atoms with E-state index in [0.717, 1.165) is 10.9 Å². The molecule has 20 nitrogen and oxygen atoms in total. The minimum absolute atomic E-state index is 0.0408. The van der Waals surface area contributed by atoms with Gasteiger partial charge in [0.2, 0.25) is 41.4 Å². The van der Waals surface area contributed by atoms with Crippen molar-refractivity contribution in [2.45, 2.75) is 136 Å². The van der Waals surface area contributed by atoms with Crippen LogP contribution in [0, 0.1) is 17.8 Å². The average Bonchev–Trinajstić information content (AvgIpc) is 3.61. The Morgan fingerprint density at radius 1 is 0.677 bits per heavy atom. The summed E-state index contributed by atoms with van der Waals surface area (Å²) in [6.07, 6.45) is 1.57. The Morgan fingerprint density at radius 2 is 1.29 bits per heavy atom. The van der Waals surface area contributed by atoms with E-state index in [4.69, 9.17) is 11.5 Å². The number of nitrogens with one attached hydrogen (secondary N) is 8. The Hall–Kier alpha value is -5.60. The molecule has 14 N–H and O–H groups in total. The maximum atomic E-state index is 14.0. The molecule has 0 bridgehead atoms. The molecule has 0 saturated carbocycles. The van der Waals surface area contributed by atoms with E-state index in [0.29, 0.717) is 24.9 Å². The molecule has 0 spiro atoms. The van der Waals surface area contributed by atoms with Gasteiger partial charge >= 0.3 is 5.97 Å². The molecular weight excluding hydrogens is 805 g/mol. The number of aliphatic hydroxyl groups excluding tert-OH is 1. The largest absolute Gasteiger partial charge is 0.480 e. The molecule has 20 heteroatoms. The van der Waals surface area contributed by atoms with Crippen molar-refractivity contribution in [1.82, 2.24) is 42.2 Å². The van der Waals surface area contributed by atoms with Crippen LogP contribution in [-0.2, 0) is 44.8 Å². The first-order valence-corrected chi connectivity index (χ1v) is 21.1. The number of aliphatic carboxylic acids is 1. The fourth-order valence-corrected chi connectivity index (χ4v) is 6.39. The minimum atomic E-state index is -1.43. The number of hydrogen-bond acceptors (Lipinski definition) is 11. The molecule has 2 aromatic rings. The minimum Gasteiger partial charge on any atom is -0.480 e. The number of carbonyl (C=O) groups excluding carboxylic acids is 7. The number of fused-ring (bicyclic) bond motifs is 1. The van der Waals surface area contributed by atoms with Gasteiger partial charge in [-0.3, -0.25) is 33.6 Å². The highest BCUT2D eigenvalue weighted by Crippen LogP contribution is 2.19. The standard InChI is InChI=1S/C42H68N10O10/c1-21(2)17-30(49-36(55)24(7)47-41(60)35(25(8)53)52-40(59)33(44)22(3)4)39(58)50-31(18-26-19-45-28-14-10-9-13-27(26)28)37(56)46-20-32(54)48-29(15-11-12-16-43)38(57)51-34(23(5)6)42(61)62/h9-10,13-14,19,21-25,29-31,33-35,45,53H,11-12,15-18,20,43-44H2,1-8H3,(H,46,56)(H,47,60)(H,48,54)(H,49,55)(H,50,58)(H,51,57)(H,52,59)(H,61,62)/t24-,25+,29-,30-,31-,33-,34-,35-/m0/s1. The van der Waals surface area contributed by atoms with Crippen molar-refractivity contribution < 1.29 is 48.6 Å². The second-order valence-electron chi connectivity index (χ2n) is 16.7. The van der Waals surface area contributed by atoms with Gasteiger partial charge in [0.05, 0.1) is 18.7 Å². The molecule has 1 aromatic carbocycles. The summed E-state index contributed by atoms with van der Waals surface area (Å²) < 4.78 is 0. The SMILES string of the molecule is CC(C)C[C@H](NC(=O)[C@H](C)NC(=O)[C@@H](NC(=O)[C@@H](N)C(C)C)[C@@H](C)O)C(=O)N[C@@H](Cc1c[nH]c2ccccc12)C(=O)NCC(=O)N[C@@H](CCCCN)C(=O)N[C@H](C(=O)O)C(C)C. The molecule has 0 fully saturated rings. The molecule has 1 heterocycles. The maximum Gasteiger partial charge on any atom is 0.326 e. The van der Waals surface area contributed by atoms with Gasteiger partial charge in [-0.2, -0.15) is 0 Å². The number of H-pyrrole nitrogens is 1. The zero-order valence-electron chi connectivity index (χ0n) is 37.0. The third kappa shape index (κ3) is 16.7. The van der Waals surface area contributed by atoms with Gasteiger partial charge in [0.15, 0.2) is 0 Å². The van der Waals surface area contributed by atoms with Gasteiger partial charge < -0.3 is 63.9 Å². The summed E-state index contributed by atoms with van der Waals surface area (Å²) in [5.74, 6) is -7.31. The van der Waals surface area contributed by atoms with Crippen LogP contribution in [-0.4, -0.2) is 124 Å². The second kappa shape index (κ2) is 25.4. The van der Waals surface area contributed by atoms with Crippen LogP contribution in [0.25, 0.3) is 10.9 Å². The highest BCUT2D eigenvalue weighted by Gasteiger charge is 2.34. The summed E-state index contributed by atoms with van der Waals surface area (Å²) in [5, 5.41) is 38.4. The Bertz CT molecular complexity index is 1850. The van der Waals surface area contributed by atoms with Crippen LogP contribution < -0.4 is 48.7 Å². The van der Waals surface area contributed by atoms with Gasteiger partial charge in [0.1, 0.15) is 36.3 Å². The first kappa shape index (κ1) is 52.5. The molecular formula is C42H68N10O10. The third-order valence-corrected chi connectivity index (χ3v) is 10.2. The number of aromatic nitrogens is 1. The lowest BCUT2D eigenvalue weighted by Crippen LogP contribution is -2.60. The maximum absolute atomic E-state index is 14.0. The van der Waals surface area contributed by atoms with Crippen molar-refractivity contribution in [2.75, 3.05) is 13.1 Å². The first-order chi connectivity index (χ1) is 29.1. The number of unbranched alkanes of at least 4 members (excludes halogenated alkanes) is 1. The molecule has 0 saturated heterocycles. The van der Waals surface area contributed by atoms with E-state index < -0.39 is 108 Å². The number of para-hydroxylation sites is 1. The molecule has 8 atom stereocenters. The Labute approximate surface area is 362 Å². The van der Waals surface area contributed by atoms with E-state index in [1.165, 1.54) is 13.8 Å². The summed E-state index contributed by atoms with van der Waals surface area (Å²) in [7, 11) is 0. The zero-order chi connectivity index (χ0) is 46.8. The van der Waals surface area contributed by atoms with E-state index in [1.54, 1.807) is 33.9 Å². The lowest BCUT2D eigenvalue weighted by Gasteiger charge is -2.27. The molecule has 7 amide bonds. The first-order valence-electron chi connectivity index (χ1n) is 21.1. The second-order valence-corrected chi connectivity index (χ2v) is 16.7. The van der Waals surface area contributed by atoms with E-state index in [1.807, 2.05) is 38.1 Å². The average molecular weight is 873 g/mol. The molecule has 0 aliphatic heterocycles. The fourth-order valence-electron chi connectivity index (χ4n) is 6.39. The zero-order valence-corrected chi connectivity index (χ0v) is 37.0. The number of amides is 7. The number of carboxylic acid groups (broad SMARTS) is 1. The van der Waals surface area contributed by atoms with Gasteiger partial charge in [-0.25, -0.2) is 4.79 Å². The smallest absolute Gasteiger partial charge is 0.326 e. The molecule has 1 aromatic heterocycles. The highest BCUT2D eigenvalue weighted by molar-refractivity contribution is 5.97. The van der Waals surface area contributed by atoms with Gasteiger partial charge in [0, 0.05) is 23.5 Å². The predicted molar refractivity (Wildman–Crippen MR) is 232 cm³/mol. The number of rotatable bonds is 26. The Balaban J connectivity index is 2.29. The van der Waals surface area contributed by atoms with E-state index >= 15 is 0 Å². The van der Waals surface area contributed by atoms with Crippen LogP contribution in [0.2, 0.25) is 0 Å². The quantitative estimate of drug-likeness (QED) is 0.0509. The summed E-state index contributed by atoms with van der Waals surface area (Å²) in [6.45, 7) is 12.7. The van der Waals surface area contributed by atoms with Crippen LogP contribution >= 0.6 is 0 Å². The highest BCUT2D eigenvalue weighted by atomic mass is 16.4. The van der Waals surface area contributed by atoms with Crippen LogP contribution in [0.15, 0.2) is 30.5 Å². The van der Waals surface area contributed by atoms with Crippen molar-refractivity contribution in [1.29, 1.82) is 0 Å². The molecule has 0 unspecified atom stereocenters. The van der Waals surface area contributed by atoms with Crippen LogP contribution in [0.5, 0.6) is 0 Å². The van der Waals surface area contributed by atoms with Gasteiger partial charge in [0.25, 0.3) is 0 Å². The third-order valence-electron chi connectivity index (χ3n) is 10.2. The van der Waals surface area contributed by atoms with Gasteiger partial charge in [-0.15, -0.1) is 0 Å². The lowest BCUT2D eigenvalue weighted by atomic mass is 10.0. The van der Waals surface area contributed by atoms with Crippen molar-refractivity contribution in [3.05, 3.63) is 36.0 Å². The molecule has 0 radical (unpaired) electrons. The van der Waals surface area contributed by atoms with Crippen molar-refractivity contribution >= 4 is 58.2 Å². The Morgan fingerprint density at radius 3 is 1.87 bits per heavy atom. The van der Waals surface area contributed by atoms with Gasteiger partial charge in [-0.1, -0.05) is 59.7 Å². The number of nitrogens with two attached hydrogens (primary N) is 2. The number of benzene rings is 1. The molecule has 62 heavy (non-hydrogen) atoms. The Kier molecular flexibility index (Phi) is 21.5. The van der Waals surface area contributed by atoms with Crippen LogP contribution in [0.4, 0.5) is 0 Å². The van der Waals surface area contributed by atoms with E-state index in [9.17, 15) is 48.6 Å². The summed E-state index contributed by atoms with van der Waals surface area (Å²) >= 11 is 0. The van der Waals surface area contributed by atoms with Gasteiger partial charge in [-0.05, 0) is 75.5 Å². The monoisotopic (exact) mass is 873 g/mol. The molecule has 0 aliphatic carbocycles. The molecule has 0 aliphatic rings. The van der Waals surface area contributed by atoms with E-state index in [2.05, 4.69) is 42.2 Å². The summed E-state index contributed by atoms with van der Waals surface area (Å²) in [6, 6.07) is -1.13. The fraction of sp³-hybridized carbons (Fsp3) is 0.619. The lowest BCUT2D eigenvalue weighted by molar-refractivity contribution is -0.143. The molecule has 346 valence electrons. The van der Waals surface area contributed by atoms with E-state index in [-0.39, 0.29) is 31.1 Å². The number of carbonyl (C=O) groups is 8. The van der Waals surface area contributed by atoms with Crippen molar-refractivity contribution in [2.24, 2.45) is 29.2 Å². The number of aliphatic hydroxyl groups is 1. The predicted octanol–water partition coefficient (Wildman–Crippen LogP) is -0.965. The van der Waals surface area contributed by atoms with Crippen molar-refractivity contribution in [3.8, 4) is 0 Å². The normalized spacial score (nSPS) is 15.3. The number of hydrogen-bond donors (Lipinski definition) is 12. The van der Waals surface area contributed by atoms with Crippen molar-refractivity contribution in [3.63, 3.8) is 0 Å². The van der Waals surface area contributed by atoms with Crippen LogP contribution in [0.3, 0.4) is 0 Å². The number of carboxylic acids is 1. The summed E-state index contributed by atoms with van der Waals surface area (Å²) in [5.41, 5.74) is 12.9. The topological polar surface area (TPSA) is 329 Å². The summed E-state index contributed by atoms with van der Waals surface area (Å²) in [4.78, 5) is 108. The molecule has 2 rings (SSSR count).